The first-order chi connectivity index (χ1) is 11.4. The molecule has 1 heterocycles. The monoisotopic (exact) mass is 354 g/mol. The zero-order valence-corrected chi connectivity index (χ0v) is 14.2. The van der Waals surface area contributed by atoms with Crippen molar-refractivity contribution >= 4 is 21.9 Å². The van der Waals surface area contributed by atoms with Gasteiger partial charge >= 0.3 is 5.97 Å². The smallest absolute Gasteiger partial charge is 0.305 e. The topological polar surface area (TPSA) is 104 Å². The van der Waals surface area contributed by atoms with E-state index in [4.69, 9.17) is 5.11 Å². The Hall–Kier alpha value is -1.93. The molecule has 1 aromatic carbocycles. The van der Waals surface area contributed by atoms with Crippen LogP contribution in [0.5, 0.6) is 0 Å². The van der Waals surface area contributed by atoms with E-state index >= 15 is 0 Å². The summed E-state index contributed by atoms with van der Waals surface area (Å²) in [6.07, 6.45) is 1.74. The molecule has 132 valence electrons. The number of hydrogen-bond acceptors (Lipinski definition) is 4. The molecule has 0 aromatic heterocycles. The van der Waals surface area contributed by atoms with Crippen LogP contribution in [0.3, 0.4) is 0 Å². The highest BCUT2D eigenvalue weighted by Gasteiger charge is 2.30. The minimum atomic E-state index is -3.65. The molecule has 8 heteroatoms. The predicted octanol–water partition coefficient (Wildman–Crippen LogP) is 0.962. The zero-order chi connectivity index (χ0) is 17.6. The van der Waals surface area contributed by atoms with E-state index < -0.39 is 22.0 Å². The first kappa shape index (κ1) is 18.4. The van der Waals surface area contributed by atoms with Gasteiger partial charge in [-0.05, 0) is 24.8 Å². The molecule has 2 N–H and O–H groups in total. The van der Waals surface area contributed by atoms with E-state index in [1.165, 1.54) is 4.90 Å². The Balaban J connectivity index is 2.03. The first-order valence-electron chi connectivity index (χ1n) is 7.92. The summed E-state index contributed by atoms with van der Waals surface area (Å²) < 4.78 is 27.1. The quantitative estimate of drug-likeness (QED) is 0.759. The molecule has 7 nitrogen and oxygen atoms in total. The van der Waals surface area contributed by atoms with Gasteiger partial charge in [0.2, 0.25) is 15.9 Å². The molecule has 2 rings (SSSR count). The van der Waals surface area contributed by atoms with Crippen molar-refractivity contribution in [3.63, 3.8) is 0 Å². The van der Waals surface area contributed by atoms with Crippen molar-refractivity contribution in [1.29, 1.82) is 0 Å². The van der Waals surface area contributed by atoms with Crippen LogP contribution in [0.15, 0.2) is 30.3 Å². The number of carbonyl (C=O) groups excluding carboxylic acids is 1. The van der Waals surface area contributed by atoms with Gasteiger partial charge < -0.3 is 10.0 Å². The van der Waals surface area contributed by atoms with Gasteiger partial charge in [-0.3, -0.25) is 9.59 Å². The molecule has 0 radical (unpaired) electrons. The molecule has 1 fully saturated rings. The Morgan fingerprint density at radius 2 is 1.96 bits per heavy atom. The van der Waals surface area contributed by atoms with Crippen LogP contribution in [-0.2, 0) is 25.4 Å². The molecule has 24 heavy (non-hydrogen) atoms. The Labute approximate surface area is 141 Å². The standard InChI is InChI=1S/C16H22N2O5S/c19-15(20)9-11-18-10-5-4-8-14(16(18)21)17-24(22,23)12-13-6-2-1-3-7-13/h1-3,6-7,14,17H,4-5,8-12H2,(H,19,20)/t14-/m0/s1. The largest absolute Gasteiger partial charge is 0.481 e. The summed E-state index contributed by atoms with van der Waals surface area (Å²) in [7, 11) is -3.65. The Morgan fingerprint density at radius 1 is 1.25 bits per heavy atom. The van der Waals surface area contributed by atoms with Gasteiger partial charge in [-0.2, -0.15) is 0 Å². The second-order valence-electron chi connectivity index (χ2n) is 5.88. The molecule has 1 aliphatic rings. The average Bonchev–Trinajstić information content (AvgIpc) is 2.68. The SMILES string of the molecule is O=C(O)CCN1CCCC[C@H](NS(=O)(=O)Cc2ccccc2)C1=O. The van der Waals surface area contributed by atoms with Gasteiger partial charge in [-0.25, -0.2) is 13.1 Å². The van der Waals surface area contributed by atoms with Gasteiger partial charge in [0, 0.05) is 13.1 Å². The van der Waals surface area contributed by atoms with E-state index in [9.17, 15) is 18.0 Å². The third-order valence-electron chi connectivity index (χ3n) is 3.90. The molecule has 0 unspecified atom stereocenters. The lowest BCUT2D eigenvalue weighted by Gasteiger charge is -2.24. The molecule has 0 saturated carbocycles. The fourth-order valence-electron chi connectivity index (χ4n) is 2.72. The van der Waals surface area contributed by atoms with E-state index in [0.29, 0.717) is 24.9 Å². The Kier molecular flexibility index (Phi) is 6.33. The summed E-state index contributed by atoms with van der Waals surface area (Å²) in [6.45, 7) is 0.564. The number of nitrogens with one attached hydrogen (secondary N) is 1. The minimum Gasteiger partial charge on any atom is -0.481 e. The van der Waals surface area contributed by atoms with E-state index in [0.717, 1.165) is 6.42 Å². The van der Waals surface area contributed by atoms with Gasteiger partial charge in [0.05, 0.1) is 12.2 Å². The maximum Gasteiger partial charge on any atom is 0.305 e. The summed E-state index contributed by atoms with van der Waals surface area (Å²) in [4.78, 5) is 24.6. The lowest BCUT2D eigenvalue weighted by molar-refractivity contribution is -0.138. The molecule has 0 spiro atoms. The van der Waals surface area contributed by atoms with E-state index in [1.54, 1.807) is 30.3 Å². The highest BCUT2D eigenvalue weighted by molar-refractivity contribution is 7.88. The fraction of sp³-hybridized carbons (Fsp3) is 0.500. The van der Waals surface area contributed by atoms with Crippen LogP contribution < -0.4 is 4.72 Å². The number of sulfonamides is 1. The van der Waals surface area contributed by atoms with Crippen molar-refractivity contribution in [2.24, 2.45) is 0 Å². The van der Waals surface area contributed by atoms with Crippen molar-refractivity contribution in [1.82, 2.24) is 9.62 Å². The normalized spacial score (nSPS) is 19.1. The average molecular weight is 354 g/mol. The molecule has 1 amide bonds. The third-order valence-corrected chi connectivity index (χ3v) is 5.25. The number of carboxylic acids is 1. The van der Waals surface area contributed by atoms with Gasteiger partial charge in [0.25, 0.3) is 0 Å². The maximum absolute atomic E-state index is 12.5. The van der Waals surface area contributed by atoms with Crippen LogP contribution >= 0.6 is 0 Å². The van der Waals surface area contributed by atoms with Gasteiger partial charge in [-0.1, -0.05) is 30.3 Å². The molecule has 1 aromatic rings. The van der Waals surface area contributed by atoms with Crippen LogP contribution in [-0.4, -0.2) is 49.4 Å². The number of aliphatic carboxylic acids is 1. The number of hydrogen-bond donors (Lipinski definition) is 2. The fourth-order valence-corrected chi connectivity index (χ4v) is 4.09. The molecule has 1 atom stereocenters. The number of benzene rings is 1. The first-order valence-corrected chi connectivity index (χ1v) is 9.57. The number of rotatable bonds is 7. The van der Waals surface area contributed by atoms with Crippen molar-refractivity contribution in [3.05, 3.63) is 35.9 Å². The highest BCUT2D eigenvalue weighted by atomic mass is 32.2. The van der Waals surface area contributed by atoms with Crippen molar-refractivity contribution in [2.45, 2.75) is 37.5 Å². The predicted molar refractivity (Wildman–Crippen MR) is 88.7 cm³/mol. The second-order valence-corrected chi connectivity index (χ2v) is 7.63. The molecule has 0 bridgehead atoms. The van der Waals surface area contributed by atoms with E-state index in [1.807, 2.05) is 0 Å². The van der Waals surface area contributed by atoms with Gasteiger partial charge in [-0.15, -0.1) is 0 Å². The van der Waals surface area contributed by atoms with Gasteiger partial charge in [0.1, 0.15) is 6.04 Å². The van der Waals surface area contributed by atoms with Crippen LogP contribution in [0, 0.1) is 0 Å². The second kappa shape index (κ2) is 8.25. The number of carbonyl (C=O) groups is 2. The maximum atomic E-state index is 12.5. The van der Waals surface area contributed by atoms with Crippen LogP contribution in [0.2, 0.25) is 0 Å². The molecule has 1 aliphatic heterocycles. The Morgan fingerprint density at radius 3 is 2.62 bits per heavy atom. The zero-order valence-electron chi connectivity index (χ0n) is 13.3. The minimum absolute atomic E-state index is 0.102. The summed E-state index contributed by atoms with van der Waals surface area (Å²) in [5.41, 5.74) is 0.647. The molecular weight excluding hydrogens is 332 g/mol. The highest BCUT2D eigenvalue weighted by Crippen LogP contribution is 2.15. The lowest BCUT2D eigenvalue weighted by atomic mass is 10.1. The van der Waals surface area contributed by atoms with E-state index in [2.05, 4.69) is 4.72 Å². The van der Waals surface area contributed by atoms with Crippen LogP contribution in [0.4, 0.5) is 0 Å². The van der Waals surface area contributed by atoms with E-state index in [-0.39, 0.29) is 24.6 Å². The Bertz CT molecular complexity index is 675. The number of likely N-dealkylation sites (tertiary alicyclic amines) is 1. The van der Waals surface area contributed by atoms with Crippen LogP contribution in [0.25, 0.3) is 0 Å². The summed E-state index contributed by atoms with van der Waals surface area (Å²) in [6, 6.07) is 7.93. The molecule has 0 aliphatic carbocycles. The van der Waals surface area contributed by atoms with Crippen molar-refractivity contribution in [3.8, 4) is 0 Å². The lowest BCUT2D eigenvalue weighted by Crippen LogP contribution is -2.48. The number of nitrogens with zero attached hydrogens (tertiary/aromatic N) is 1. The van der Waals surface area contributed by atoms with Crippen molar-refractivity contribution < 1.29 is 23.1 Å². The van der Waals surface area contributed by atoms with Gasteiger partial charge in [0.15, 0.2) is 0 Å². The number of carboxylic acid groups (broad SMARTS) is 1. The molecular formula is C16H22N2O5S. The summed E-state index contributed by atoms with van der Waals surface area (Å²) >= 11 is 0. The summed E-state index contributed by atoms with van der Waals surface area (Å²) in [5, 5.41) is 8.77. The van der Waals surface area contributed by atoms with Crippen molar-refractivity contribution in [2.75, 3.05) is 13.1 Å². The molecule has 1 saturated heterocycles. The summed E-state index contributed by atoms with van der Waals surface area (Å²) in [5.74, 6) is -1.51. The number of amides is 1. The van der Waals surface area contributed by atoms with Crippen LogP contribution in [0.1, 0.15) is 31.2 Å². The third kappa shape index (κ3) is 5.61.